The molecule has 3 heterocycles. The molecule has 1 N–H and O–H groups in total. The lowest BCUT2D eigenvalue weighted by atomic mass is 10.2. The van der Waals surface area contributed by atoms with Crippen molar-refractivity contribution in [3.05, 3.63) is 70.8 Å². The molecule has 0 saturated heterocycles. The van der Waals surface area contributed by atoms with E-state index in [-0.39, 0.29) is 23.9 Å². The summed E-state index contributed by atoms with van der Waals surface area (Å²) in [6.45, 7) is 0.754. The van der Waals surface area contributed by atoms with Gasteiger partial charge in [-0.15, -0.1) is 0 Å². The molecule has 1 saturated carbocycles. The third-order valence-electron chi connectivity index (χ3n) is 5.79. The van der Waals surface area contributed by atoms with Crippen LogP contribution in [0.4, 0.5) is 5.69 Å². The Balaban J connectivity index is 1.34. The highest BCUT2D eigenvalue weighted by atomic mass is 16.6. The lowest BCUT2D eigenvalue weighted by Gasteiger charge is -2.19. The maximum Gasteiger partial charge on any atom is 0.293 e. The predicted octanol–water partition coefficient (Wildman–Crippen LogP) is 2.87. The fourth-order valence-corrected chi connectivity index (χ4v) is 4.08. The van der Waals surface area contributed by atoms with Gasteiger partial charge in [-0.2, -0.15) is 10.2 Å². The van der Waals surface area contributed by atoms with Crippen LogP contribution in [0.25, 0.3) is 16.6 Å². The highest BCUT2D eigenvalue weighted by molar-refractivity contribution is 5.91. The highest BCUT2D eigenvalue weighted by Gasteiger charge is 2.30. The minimum absolute atomic E-state index is 0.205. The van der Waals surface area contributed by atoms with Crippen LogP contribution in [0.5, 0.6) is 11.5 Å². The molecule has 0 bridgehead atoms. The van der Waals surface area contributed by atoms with Crippen molar-refractivity contribution in [2.75, 3.05) is 18.5 Å². The van der Waals surface area contributed by atoms with Gasteiger partial charge >= 0.3 is 0 Å². The van der Waals surface area contributed by atoms with Crippen LogP contribution in [0.1, 0.15) is 24.5 Å². The Labute approximate surface area is 188 Å². The van der Waals surface area contributed by atoms with Gasteiger partial charge in [0.1, 0.15) is 25.3 Å². The number of anilines is 1. The number of hydrogen-bond acceptors (Lipinski definition) is 6. The molecular formula is C24H21N5O4. The summed E-state index contributed by atoms with van der Waals surface area (Å²) >= 11 is 0. The lowest BCUT2D eigenvalue weighted by Crippen LogP contribution is -2.31. The summed E-state index contributed by atoms with van der Waals surface area (Å²) in [4.78, 5) is 26.2. The molecule has 166 valence electrons. The number of aromatic nitrogens is 4. The molecule has 1 fully saturated rings. The summed E-state index contributed by atoms with van der Waals surface area (Å²) in [6.07, 6.45) is 3.73. The summed E-state index contributed by atoms with van der Waals surface area (Å²) in [6, 6.07) is 14.7. The van der Waals surface area contributed by atoms with Crippen LogP contribution in [-0.2, 0) is 11.3 Å². The second kappa shape index (κ2) is 7.77. The van der Waals surface area contributed by atoms with E-state index in [1.54, 1.807) is 29.1 Å². The number of carbonyl (C=O) groups excluding carboxylic acids is 1. The van der Waals surface area contributed by atoms with Gasteiger partial charge in [-0.1, -0.05) is 18.2 Å². The van der Waals surface area contributed by atoms with Gasteiger partial charge in [0.15, 0.2) is 11.5 Å². The number of ether oxygens (including phenoxy) is 2. The van der Waals surface area contributed by atoms with E-state index in [2.05, 4.69) is 15.5 Å². The number of fused-ring (bicyclic) bond motifs is 2. The number of benzene rings is 2. The lowest BCUT2D eigenvalue weighted by molar-refractivity contribution is -0.117. The number of nitrogens with one attached hydrogen (secondary N) is 1. The minimum atomic E-state index is -0.354. The van der Waals surface area contributed by atoms with Crippen LogP contribution in [0, 0.1) is 0 Å². The Morgan fingerprint density at radius 3 is 2.64 bits per heavy atom. The SMILES string of the molecule is O=C(Cn1nc(C2CC2)c2cnn(-c3ccccc3)c2c1=O)Nc1ccc2c(c1)OCCO2. The van der Waals surface area contributed by atoms with E-state index in [1.807, 2.05) is 30.3 Å². The Kier molecular flexibility index (Phi) is 4.60. The third kappa shape index (κ3) is 3.61. The molecule has 0 atom stereocenters. The largest absolute Gasteiger partial charge is 0.486 e. The fourth-order valence-electron chi connectivity index (χ4n) is 4.08. The van der Waals surface area contributed by atoms with Crippen LogP contribution in [0.3, 0.4) is 0 Å². The van der Waals surface area contributed by atoms with E-state index < -0.39 is 0 Å². The van der Waals surface area contributed by atoms with E-state index in [9.17, 15) is 9.59 Å². The van der Waals surface area contributed by atoms with E-state index >= 15 is 0 Å². The van der Waals surface area contributed by atoms with Crippen molar-refractivity contribution in [1.82, 2.24) is 19.6 Å². The van der Waals surface area contributed by atoms with E-state index in [4.69, 9.17) is 9.47 Å². The smallest absolute Gasteiger partial charge is 0.293 e. The van der Waals surface area contributed by atoms with Gasteiger partial charge in [0.2, 0.25) is 5.91 Å². The predicted molar refractivity (Wildman–Crippen MR) is 121 cm³/mol. The first-order chi connectivity index (χ1) is 16.2. The number of para-hydroxylation sites is 1. The van der Waals surface area contributed by atoms with Crippen LogP contribution in [0.15, 0.2) is 59.5 Å². The molecule has 6 rings (SSSR count). The van der Waals surface area contributed by atoms with E-state index in [0.717, 1.165) is 29.6 Å². The zero-order valence-corrected chi connectivity index (χ0v) is 17.7. The topological polar surface area (TPSA) is 100 Å². The Hall–Kier alpha value is -4.14. The summed E-state index contributed by atoms with van der Waals surface area (Å²) in [5.74, 6) is 1.16. The average Bonchev–Trinajstić information content (AvgIpc) is 3.59. The Morgan fingerprint density at radius 1 is 1.06 bits per heavy atom. The van der Waals surface area contributed by atoms with Crippen molar-refractivity contribution >= 4 is 22.5 Å². The van der Waals surface area contributed by atoms with Crippen molar-refractivity contribution < 1.29 is 14.3 Å². The molecule has 1 aliphatic heterocycles. The summed E-state index contributed by atoms with van der Waals surface area (Å²) in [5, 5.41) is 12.6. The summed E-state index contributed by atoms with van der Waals surface area (Å²) in [5.41, 5.74) is 2.25. The zero-order chi connectivity index (χ0) is 22.4. The molecule has 9 nitrogen and oxygen atoms in total. The fraction of sp³-hybridized carbons (Fsp3) is 0.250. The number of nitrogens with zero attached hydrogens (tertiary/aromatic N) is 4. The molecule has 4 aromatic rings. The van der Waals surface area contributed by atoms with Crippen LogP contribution < -0.4 is 20.3 Å². The number of rotatable bonds is 5. The monoisotopic (exact) mass is 443 g/mol. The first-order valence-corrected chi connectivity index (χ1v) is 10.9. The Morgan fingerprint density at radius 2 is 1.85 bits per heavy atom. The van der Waals surface area contributed by atoms with Crippen molar-refractivity contribution in [1.29, 1.82) is 0 Å². The Bertz CT molecular complexity index is 1420. The molecule has 2 aliphatic rings. The molecule has 0 spiro atoms. The molecule has 0 unspecified atom stereocenters. The second-order valence-corrected chi connectivity index (χ2v) is 8.18. The normalized spacial score (nSPS) is 14.9. The van der Waals surface area contributed by atoms with Gasteiger partial charge in [-0.05, 0) is 37.1 Å². The first-order valence-electron chi connectivity index (χ1n) is 10.9. The standard InChI is InChI=1S/C24H21N5O4/c30-21(26-16-8-9-19-20(12-16)33-11-10-32-19)14-28-24(31)23-18(22(27-28)15-6-7-15)13-25-29(23)17-4-2-1-3-5-17/h1-5,8-9,12-13,15H,6-7,10-11,14H2,(H,26,30). The number of amides is 1. The zero-order valence-electron chi connectivity index (χ0n) is 17.7. The maximum atomic E-state index is 13.4. The molecule has 1 aliphatic carbocycles. The third-order valence-corrected chi connectivity index (χ3v) is 5.79. The van der Waals surface area contributed by atoms with Gasteiger partial charge in [0, 0.05) is 23.1 Å². The summed E-state index contributed by atoms with van der Waals surface area (Å²) in [7, 11) is 0. The van der Waals surface area contributed by atoms with Gasteiger partial charge in [0.05, 0.1) is 17.6 Å². The van der Waals surface area contributed by atoms with Crippen molar-refractivity contribution in [3.63, 3.8) is 0 Å². The van der Waals surface area contributed by atoms with Crippen molar-refractivity contribution in [2.24, 2.45) is 0 Å². The van der Waals surface area contributed by atoms with Gasteiger partial charge in [0.25, 0.3) is 5.56 Å². The van der Waals surface area contributed by atoms with Gasteiger partial charge in [-0.25, -0.2) is 9.36 Å². The van der Waals surface area contributed by atoms with E-state index in [0.29, 0.717) is 35.9 Å². The second-order valence-electron chi connectivity index (χ2n) is 8.18. The van der Waals surface area contributed by atoms with Crippen LogP contribution in [-0.4, -0.2) is 38.7 Å². The first kappa shape index (κ1) is 19.5. The number of carbonyl (C=O) groups is 1. The molecule has 2 aromatic heterocycles. The number of hydrogen-bond donors (Lipinski definition) is 1. The molecule has 1 amide bonds. The van der Waals surface area contributed by atoms with Crippen molar-refractivity contribution in [2.45, 2.75) is 25.3 Å². The molecular weight excluding hydrogens is 422 g/mol. The molecule has 0 radical (unpaired) electrons. The van der Waals surface area contributed by atoms with E-state index in [1.165, 1.54) is 4.68 Å². The molecule has 9 heteroatoms. The highest BCUT2D eigenvalue weighted by Crippen LogP contribution is 2.41. The maximum absolute atomic E-state index is 13.4. The minimum Gasteiger partial charge on any atom is -0.486 e. The average molecular weight is 443 g/mol. The molecule has 2 aromatic carbocycles. The van der Waals surface area contributed by atoms with Gasteiger partial charge < -0.3 is 14.8 Å². The van der Waals surface area contributed by atoms with Gasteiger partial charge in [-0.3, -0.25) is 9.59 Å². The summed E-state index contributed by atoms with van der Waals surface area (Å²) < 4.78 is 14.0. The molecule has 33 heavy (non-hydrogen) atoms. The van der Waals surface area contributed by atoms with Crippen molar-refractivity contribution in [3.8, 4) is 17.2 Å². The van der Waals surface area contributed by atoms with Crippen LogP contribution in [0.2, 0.25) is 0 Å². The van der Waals surface area contributed by atoms with Crippen LogP contribution >= 0.6 is 0 Å². The quantitative estimate of drug-likeness (QED) is 0.509.